The first kappa shape index (κ1) is 21.9. The van der Waals surface area contributed by atoms with Crippen LogP contribution in [0.5, 0.6) is 0 Å². The Bertz CT molecular complexity index is 1280. The van der Waals surface area contributed by atoms with E-state index in [1.165, 1.54) is 0 Å². The predicted octanol–water partition coefficient (Wildman–Crippen LogP) is 5.05. The SMILES string of the molecule is O=C(CC1CCN(C(=O)c2ccc3oc(-c4ccccc4)nc3c2)CC1)NCc1ccccc1. The molecule has 2 heterocycles. The average Bonchev–Trinajstić information content (AvgIpc) is 3.32. The number of carbonyl (C=O) groups excluding carboxylic acids is 2. The predicted molar refractivity (Wildman–Crippen MR) is 131 cm³/mol. The fourth-order valence-corrected chi connectivity index (χ4v) is 4.42. The number of rotatable bonds is 6. The number of piperidine rings is 1. The van der Waals surface area contributed by atoms with Gasteiger partial charge in [0.2, 0.25) is 11.8 Å². The number of hydrogen-bond donors (Lipinski definition) is 1. The van der Waals surface area contributed by atoms with Crippen molar-refractivity contribution in [2.45, 2.75) is 25.8 Å². The molecule has 0 unspecified atom stereocenters. The van der Waals surface area contributed by atoms with Crippen molar-refractivity contribution in [2.24, 2.45) is 5.92 Å². The van der Waals surface area contributed by atoms with Crippen molar-refractivity contribution >= 4 is 22.9 Å². The third-order valence-corrected chi connectivity index (χ3v) is 6.36. The highest BCUT2D eigenvalue weighted by atomic mass is 16.3. The van der Waals surface area contributed by atoms with Crippen molar-refractivity contribution in [1.29, 1.82) is 0 Å². The fraction of sp³-hybridized carbons (Fsp3) is 0.250. The lowest BCUT2D eigenvalue weighted by Crippen LogP contribution is -2.39. The number of aromatic nitrogens is 1. The van der Waals surface area contributed by atoms with E-state index in [1.54, 1.807) is 12.1 Å². The van der Waals surface area contributed by atoms with Crippen LogP contribution >= 0.6 is 0 Å². The van der Waals surface area contributed by atoms with Crippen molar-refractivity contribution in [3.05, 3.63) is 90.0 Å². The van der Waals surface area contributed by atoms with Crippen LogP contribution < -0.4 is 5.32 Å². The van der Waals surface area contributed by atoms with Crippen LogP contribution in [0.4, 0.5) is 0 Å². The van der Waals surface area contributed by atoms with Crippen molar-refractivity contribution in [3.63, 3.8) is 0 Å². The summed E-state index contributed by atoms with van der Waals surface area (Å²) in [6.07, 6.45) is 2.16. The smallest absolute Gasteiger partial charge is 0.253 e. The summed E-state index contributed by atoms with van der Waals surface area (Å²) in [5.74, 6) is 0.912. The largest absolute Gasteiger partial charge is 0.436 e. The zero-order valence-electron chi connectivity index (χ0n) is 18.9. The first-order valence-electron chi connectivity index (χ1n) is 11.7. The van der Waals surface area contributed by atoms with Gasteiger partial charge in [0, 0.05) is 37.2 Å². The number of carbonyl (C=O) groups is 2. The molecule has 0 spiro atoms. The monoisotopic (exact) mass is 453 g/mol. The second-order valence-corrected chi connectivity index (χ2v) is 8.77. The molecular weight excluding hydrogens is 426 g/mol. The van der Waals surface area contributed by atoms with Crippen LogP contribution in [0.2, 0.25) is 0 Å². The molecule has 6 nitrogen and oxygen atoms in total. The molecule has 0 bridgehead atoms. The summed E-state index contributed by atoms with van der Waals surface area (Å²) in [6, 6.07) is 25.0. The first-order chi connectivity index (χ1) is 16.7. The lowest BCUT2D eigenvalue weighted by atomic mass is 9.92. The number of nitrogens with zero attached hydrogens (tertiary/aromatic N) is 2. The number of likely N-dealkylation sites (tertiary alicyclic amines) is 1. The molecule has 1 fully saturated rings. The molecule has 172 valence electrons. The van der Waals surface area contributed by atoms with Gasteiger partial charge < -0.3 is 14.6 Å². The lowest BCUT2D eigenvalue weighted by Gasteiger charge is -2.31. The van der Waals surface area contributed by atoms with E-state index in [9.17, 15) is 9.59 Å². The molecular formula is C28H27N3O3. The highest BCUT2D eigenvalue weighted by Crippen LogP contribution is 2.26. The van der Waals surface area contributed by atoms with Crippen molar-refractivity contribution in [1.82, 2.24) is 15.2 Å². The molecule has 1 aromatic heterocycles. The van der Waals surface area contributed by atoms with Gasteiger partial charge in [-0.2, -0.15) is 0 Å². The number of benzene rings is 3. The fourth-order valence-electron chi connectivity index (χ4n) is 4.42. The number of nitrogens with one attached hydrogen (secondary N) is 1. The Labute approximate surface area is 198 Å². The van der Waals surface area contributed by atoms with E-state index in [0.717, 1.165) is 24.0 Å². The summed E-state index contributed by atoms with van der Waals surface area (Å²) in [5, 5.41) is 3.00. The molecule has 6 heteroatoms. The normalized spacial score (nSPS) is 14.3. The van der Waals surface area contributed by atoms with E-state index in [2.05, 4.69) is 10.3 Å². The van der Waals surface area contributed by atoms with Crippen LogP contribution in [-0.4, -0.2) is 34.8 Å². The summed E-state index contributed by atoms with van der Waals surface area (Å²) in [6.45, 7) is 1.86. The average molecular weight is 454 g/mol. The maximum Gasteiger partial charge on any atom is 0.253 e. The maximum atomic E-state index is 13.1. The van der Waals surface area contributed by atoms with Crippen molar-refractivity contribution < 1.29 is 14.0 Å². The summed E-state index contributed by atoms with van der Waals surface area (Å²) >= 11 is 0. The van der Waals surface area contributed by atoms with Gasteiger partial charge in [0.1, 0.15) is 5.52 Å². The minimum Gasteiger partial charge on any atom is -0.436 e. The second-order valence-electron chi connectivity index (χ2n) is 8.77. The zero-order chi connectivity index (χ0) is 23.3. The van der Waals surface area contributed by atoms with Gasteiger partial charge in [-0.3, -0.25) is 9.59 Å². The molecule has 0 aliphatic carbocycles. The highest BCUT2D eigenvalue weighted by Gasteiger charge is 2.25. The van der Waals surface area contributed by atoms with Crippen LogP contribution in [0.15, 0.2) is 83.3 Å². The summed E-state index contributed by atoms with van der Waals surface area (Å²) < 4.78 is 5.86. The van der Waals surface area contributed by atoms with Gasteiger partial charge in [0.05, 0.1) is 0 Å². The number of hydrogen-bond acceptors (Lipinski definition) is 4. The van der Waals surface area contributed by atoms with E-state index in [4.69, 9.17) is 4.42 Å². The molecule has 1 N–H and O–H groups in total. The Kier molecular flexibility index (Phi) is 6.38. The third-order valence-electron chi connectivity index (χ3n) is 6.36. The Morgan fingerprint density at radius 1 is 0.941 bits per heavy atom. The summed E-state index contributed by atoms with van der Waals surface area (Å²) in [5.41, 5.74) is 3.95. The Balaban J connectivity index is 1.16. The molecule has 2 amide bonds. The molecule has 1 aliphatic rings. The van der Waals surface area contributed by atoms with Crippen LogP contribution in [-0.2, 0) is 11.3 Å². The summed E-state index contributed by atoms with van der Waals surface area (Å²) in [4.78, 5) is 31.9. The van der Waals surface area contributed by atoms with Crippen molar-refractivity contribution in [2.75, 3.05) is 13.1 Å². The minimum absolute atomic E-state index is 0.00172. The number of oxazole rings is 1. The van der Waals surface area contributed by atoms with E-state index < -0.39 is 0 Å². The topological polar surface area (TPSA) is 75.4 Å². The van der Waals surface area contributed by atoms with E-state index in [0.29, 0.717) is 54.5 Å². The molecule has 1 saturated heterocycles. The quantitative estimate of drug-likeness (QED) is 0.443. The minimum atomic E-state index is -0.00172. The zero-order valence-corrected chi connectivity index (χ0v) is 18.9. The van der Waals surface area contributed by atoms with Crippen LogP contribution in [0.25, 0.3) is 22.6 Å². The summed E-state index contributed by atoms with van der Waals surface area (Å²) in [7, 11) is 0. The highest BCUT2D eigenvalue weighted by molar-refractivity contribution is 5.97. The molecule has 5 rings (SSSR count). The standard InChI is InChI=1S/C28H27N3O3/c32-26(29-19-21-7-3-1-4-8-21)17-20-13-15-31(16-14-20)28(33)23-11-12-25-24(18-23)30-27(34-25)22-9-5-2-6-10-22/h1-12,18,20H,13-17,19H2,(H,29,32). The molecule has 0 radical (unpaired) electrons. The third kappa shape index (κ3) is 5.01. The molecule has 4 aromatic rings. The van der Waals surface area contributed by atoms with Gasteiger partial charge in [0.25, 0.3) is 5.91 Å². The Morgan fingerprint density at radius 3 is 2.38 bits per heavy atom. The number of fused-ring (bicyclic) bond motifs is 1. The second kappa shape index (κ2) is 9.91. The first-order valence-corrected chi connectivity index (χ1v) is 11.7. The van der Waals surface area contributed by atoms with Crippen LogP contribution in [0.3, 0.4) is 0 Å². The van der Waals surface area contributed by atoms with Crippen LogP contribution in [0.1, 0.15) is 35.2 Å². The van der Waals surface area contributed by atoms with Gasteiger partial charge in [-0.05, 0) is 54.7 Å². The van der Waals surface area contributed by atoms with Gasteiger partial charge in [-0.25, -0.2) is 4.98 Å². The maximum absolute atomic E-state index is 13.1. The van der Waals surface area contributed by atoms with Gasteiger partial charge in [-0.1, -0.05) is 48.5 Å². The van der Waals surface area contributed by atoms with E-state index >= 15 is 0 Å². The lowest BCUT2D eigenvalue weighted by molar-refractivity contribution is -0.122. The Morgan fingerprint density at radius 2 is 1.65 bits per heavy atom. The molecule has 3 aromatic carbocycles. The Hall–Kier alpha value is -3.93. The van der Waals surface area contributed by atoms with Gasteiger partial charge in [0.15, 0.2) is 5.58 Å². The van der Waals surface area contributed by atoms with Gasteiger partial charge in [-0.15, -0.1) is 0 Å². The van der Waals surface area contributed by atoms with E-state index in [1.807, 2.05) is 71.6 Å². The molecule has 34 heavy (non-hydrogen) atoms. The number of amides is 2. The molecule has 0 atom stereocenters. The van der Waals surface area contributed by atoms with Crippen molar-refractivity contribution in [3.8, 4) is 11.5 Å². The molecule has 0 saturated carbocycles. The van der Waals surface area contributed by atoms with Gasteiger partial charge >= 0.3 is 0 Å². The molecule has 1 aliphatic heterocycles. The van der Waals surface area contributed by atoms with E-state index in [-0.39, 0.29) is 11.8 Å². The van der Waals surface area contributed by atoms with Crippen LogP contribution in [0, 0.1) is 5.92 Å².